The zero-order chi connectivity index (χ0) is 11.4. The van der Waals surface area contributed by atoms with Gasteiger partial charge in [-0.05, 0) is 6.92 Å². The molecule has 0 radical (unpaired) electrons. The zero-order valence-electron chi connectivity index (χ0n) is 7.97. The van der Waals surface area contributed by atoms with Crippen molar-refractivity contribution in [3.05, 3.63) is 27.1 Å². The van der Waals surface area contributed by atoms with Crippen molar-refractivity contribution >= 4 is 22.1 Å². The Labute approximate surface area is 90.1 Å². The average molecular weight is 224 g/mol. The summed E-state index contributed by atoms with van der Waals surface area (Å²) in [5.74, 6) is -0.593. The van der Waals surface area contributed by atoms with Crippen molar-refractivity contribution in [2.75, 3.05) is 0 Å². The Hall–Kier alpha value is -1.74. The molecular formula is C9H8N2O3S. The van der Waals surface area contributed by atoms with Crippen LogP contribution in [0.15, 0.2) is 11.4 Å². The number of nitrogens with zero attached hydrogens (tertiary/aromatic N) is 2. The van der Waals surface area contributed by atoms with Crippen LogP contribution < -0.4 is 0 Å². The lowest BCUT2D eigenvalue weighted by molar-refractivity contribution is -0.380. The number of ketones is 1. The van der Waals surface area contributed by atoms with Gasteiger partial charge < -0.3 is 0 Å². The second-order valence-corrected chi connectivity index (χ2v) is 3.98. The SMILES string of the molecule is CC(C#N)CC(=O)c1csc([N+](=O)[O-])c1. The number of carbonyl (C=O) groups excluding carboxylic acids is 1. The molecule has 0 fully saturated rings. The van der Waals surface area contributed by atoms with Crippen LogP contribution in [0.4, 0.5) is 5.00 Å². The van der Waals surface area contributed by atoms with E-state index in [4.69, 9.17) is 5.26 Å². The van der Waals surface area contributed by atoms with Crippen LogP contribution in [0.5, 0.6) is 0 Å². The van der Waals surface area contributed by atoms with Crippen LogP contribution in [0.1, 0.15) is 23.7 Å². The van der Waals surface area contributed by atoms with Crippen LogP contribution in [0.25, 0.3) is 0 Å². The molecule has 1 unspecified atom stereocenters. The Balaban J connectivity index is 2.75. The summed E-state index contributed by atoms with van der Waals surface area (Å²) in [7, 11) is 0. The summed E-state index contributed by atoms with van der Waals surface area (Å²) in [6, 6.07) is 3.19. The van der Waals surface area contributed by atoms with E-state index in [0.29, 0.717) is 5.56 Å². The van der Waals surface area contributed by atoms with E-state index in [1.54, 1.807) is 6.92 Å². The third kappa shape index (κ3) is 2.86. The van der Waals surface area contributed by atoms with E-state index < -0.39 is 4.92 Å². The molecule has 15 heavy (non-hydrogen) atoms. The Kier molecular flexibility index (Phi) is 3.52. The van der Waals surface area contributed by atoms with Crippen LogP contribution in [0.3, 0.4) is 0 Å². The molecule has 0 saturated carbocycles. The lowest BCUT2D eigenvalue weighted by Gasteiger charge is -1.97. The van der Waals surface area contributed by atoms with Crippen molar-refractivity contribution in [3.63, 3.8) is 0 Å². The van der Waals surface area contributed by atoms with Gasteiger partial charge in [-0.15, -0.1) is 0 Å². The first-order valence-corrected chi connectivity index (χ1v) is 5.08. The van der Waals surface area contributed by atoms with Gasteiger partial charge in [-0.25, -0.2) is 0 Å². The number of hydrogen-bond acceptors (Lipinski definition) is 5. The molecular weight excluding hydrogens is 216 g/mol. The summed E-state index contributed by atoms with van der Waals surface area (Å²) in [4.78, 5) is 21.3. The topological polar surface area (TPSA) is 84.0 Å². The lowest BCUT2D eigenvalue weighted by Crippen LogP contribution is -2.03. The number of rotatable bonds is 4. The molecule has 0 aliphatic carbocycles. The van der Waals surface area contributed by atoms with Crippen LogP contribution >= 0.6 is 11.3 Å². The molecule has 1 heterocycles. The highest BCUT2D eigenvalue weighted by atomic mass is 32.1. The van der Waals surface area contributed by atoms with Crippen molar-refractivity contribution in [2.24, 2.45) is 5.92 Å². The van der Waals surface area contributed by atoms with E-state index in [0.717, 1.165) is 11.3 Å². The fraction of sp³-hybridized carbons (Fsp3) is 0.333. The second kappa shape index (κ2) is 4.66. The highest BCUT2D eigenvalue weighted by Crippen LogP contribution is 2.24. The summed E-state index contributed by atoms with van der Waals surface area (Å²) in [5.41, 5.74) is 0.314. The lowest BCUT2D eigenvalue weighted by atomic mass is 10.0. The van der Waals surface area contributed by atoms with Gasteiger partial charge in [0, 0.05) is 23.4 Å². The minimum atomic E-state index is -0.533. The van der Waals surface area contributed by atoms with Crippen LogP contribution in [-0.4, -0.2) is 10.7 Å². The van der Waals surface area contributed by atoms with Gasteiger partial charge in [0.2, 0.25) is 0 Å². The van der Waals surface area contributed by atoms with Crippen LogP contribution in [-0.2, 0) is 0 Å². The highest BCUT2D eigenvalue weighted by Gasteiger charge is 2.16. The van der Waals surface area contributed by atoms with Crippen molar-refractivity contribution in [2.45, 2.75) is 13.3 Å². The van der Waals surface area contributed by atoms with E-state index >= 15 is 0 Å². The minimum absolute atomic E-state index is 0.0528. The predicted molar refractivity (Wildman–Crippen MR) is 54.7 cm³/mol. The second-order valence-electron chi connectivity index (χ2n) is 3.09. The van der Waals surface area contributed by atoms with Crippen LogP contribution in [0, 0.1) is 27.4 Å². The quantitative estimate of drug-likeness (QED) is 0.446. The maximum atomic E-state index is 11.5. The third-order valence-electron chi connectivity index (χ3n) is 1.80. The number of hydrogen-bond donors (Lipinski definition) is 0. The minimum Gasteiger partial charge on any atom is -0.294 e. The Morgan fingerprint density at radius 1 is 1.80 bits per heavy atom. The van der Waals surface area contributed by atoms with Crippen LogP contribution in [0.2, 0.25) is 0 Å². The molecule has 0 aliphatic rings. The van der Waals surface area contributed by atoms with E-state index in [9.17, 15) is 14.9 Å². The van der Waals surface area contributed by atoms with E-state index in [1.807, 2.05) is 6.07 Å². The van der Waals surface area contributed by atoms with E-state index in [2.05, 4.69) is 0 Å². The number of Topliss-reactive ketones (excluding diaryl/α,β-unsaturated/α-hetero) is 1. The normalized spacial score (nSPS) is 11.7. The Bertz CT molecular complexity index is 433. The number of nitro groups is 1. The third-order valence-corrected chi connectivity index (χ3v) is 2.68. The highest BCUT2D eigenvalue weighted by molar-refractivity contribution is 7.13. The molecule has 0 saturated heterocycles. The van der Waals surface area contributed by atoms with E-state index in [1.165, 1.54) is 11.4 Å². The molecule has 0 amide bonds. The molecule has 6 heteroatoms. The average Bonchev–Trinajstić information content (AvgIpc) is 2.66. The smallest absolute Gasteiger partial charge is 0.294 e. The maximum Gasteiger partial charge on any atom is 0.324 e. The summed E-state index contributed by atoms with van der Waals surface area (Å²) < 4.78 is 0. The first kappa shape index (κ1) is 11.3. The molecule has 0 N–H and O–H groups in total. The molecule has 1 aromatic rings. The van der Waals surface area contributed by atoms with Gasteiger partial charge in [0.05, 0.1) is 16.9 Å². The van der Waals surface area contributed by atoms with Crippen molar-refractivity contribution in [3.8, 4) is 6.07 Å². The maximum absolute atomic E-state index is 11.5. The van der Waals surface area contributed by atoms with E-state index in [-0.39, 0.29) is 23.1 Å². The molecule has 1 rings (SSSR count). The molecule has 0 spiro atoms. The Morgan fingerprint density at radius 2 is 2.47 bits per heavy atom. The Morgan fingerprint density at radius 3 is 2.93 bits per heavy atom. The molecule has 1 aromatic heterocycles. The first-order valence-electron chi connectivity index (χ1n) is 4.20. The molecule has 0 bridgehead atoms. The molecule has 5 nitrogen and oxygen atoms in total. The fourth-order valence-corrected chi connectivity index (χ4v) is 1.74. The monoisotopic (exact) mass is 224 g/mol. The zero-order valence-corrected chi connectivity index (χ0v) is 8.78. The van der Waals surface area contributed by atoms with Gasteiger partial charge in [0.1, 0.15) is 0 Å². The molecule has 78 valence electrons. The van der Waals surface area contributed by atoms with Gasteiger partial charge >= 0.3 is 5.00 Å². The van der Waals surface area contributed by atoms with Gasteiger partial charge in [-0.2, -0.15) is 5.26 Å². The summed E-state index contributed by atoms with van der Waals surface area (Å²) in [6.07, 6.45) is 0.102. The largest absolute Gasteiger partial charge is 0.324 e. The summed E-state index contributed by atoms with van der Waals surface area (Å²) in [5, 5.41) is 20.3. The van der Waals surface area contributed by atoms with Gasteiger partial charge in [0.15, 0.2) is 5.78 Å². The standard InChI is InChI=1S/C9H8N2O3S/c1-6(4-10)2-8(12)7-3-9(11(13)14)15-5-7/h3,5-6H,2H2,1H3. The van der Waals surface area contributed by atoms with Gasteiger partial charge in [-0.3, -0.25) is 14.9 Å². The number of thiophene rings is 1. The van der Waals surface area contributed by atoms with Crippen molar-refractivity contribution < 1.29 is 9.72 Å². The summed E-state index contributed by atoms with van der Waals surface area (Å²) >= 11 is 0.918. The fourth-order valence-electron chi connectivity index (χ4n) is 1.01. The number of nitriles is 1. The molecule has 0 aromatic carbocycles. The molecule has 1 atom stereocenters. The predicted octanol–water partition coefficient (Wildman–Crippen LogP) is 2.39. The van der Waals surface area contributed by atoms with Gasteiger partial charge in [-0.1, -0.05) is 11.3 Å². The van der Waals surface area contributed by atoms with Crippen molar-refractivity contribution in [1.29, 1.82) is 5.26 Å². The summed E-state index contributed by atoms with van der Waals surface area (Å²) in [6.45, 7) is 1.64. The molecule has 0 aliphatic heterocycles. The van der Waals surface area contributed by atoms with Gasteiger partial charge in [0.25, 0.3) is 0 Å². The van der Waals surface area contributed by atoms with Crippen molar-refractivity contribution in [1.82, 2.24) is 0 Å². The number of carbonyl (C=O) groups is 1. The first-order chi connectivity index (χ1) is 7.04.